The fraction of sp³-hybridized carbons (Fsp3) is 0.571. The third-order valence-electron chi connectivity index (χ3n) is 4.06. The summed E-state index contributed by atoms with van der Waals surface area (Å²) >= 11 is 13.9. The number of hydrogen-bond acceptors (Lipinski definition) is 3. The molecule has 0 amide bonds. The molecule has 0 aromatic carbocycles. The highest BCUT2D eigenvalue weighted by atomic mass is 35.5. The first-order valence-corrected chi connectivity index (χ1v) is 8.07. The lowest BCUT2D eigenvalue weighted by Gasteiger charge is -2.33. The average Bonchev–Trinajstić information content (AvgIpc) is 2.64. The van der Waals surface area contributed by atoms with Gasteiger partial charge in [-0.15, -0.1) is 11.3 Å². The van der Waals surface area contributed by atoms with Crippen LogP contribution in [-0.4, -0.2) is 9.97 Å². The number of hydrogen-bond donors (Lipinski definition) is 0. The van der Waals surface area contributed by atoms with Gasteiger partial charge in [-0.1, -0.05) is 32.4 Å². The van der Waals surface area contributed by atoms with Gasteiger partial charge >= 0.3 is 0 Å². The molecular weight excluding hydrogens is 299 g/mol. The lowest BCUT2D eigenvalue weighted by atomic mass is 9.72. The Labute approximate surface area is 127 Å². The predicted molar refractivity (Wildman–Crippen MR) is 82.4 cm³/mol. The zero-order valence-electron chi connectivity index (χ0n) is 11.3. The quantitative estimate of drug-likeness (QED) is 0.496. The largest absolute Gasteiger partial charge is 0.225 e. The van der Waals surface area contributed by atoms with E-state index in [0.29, 0.717) is 10.6 Å². The van der Waals surface area contributed by atoms with Gasteiger partial charge in [-0.25, -0.2) is 9.97 Å². The van der Waals surface area contributed by atoms with Crippen molar-refractivity contribution < 1.29 is 0 Å². The van der Waals surface area contributed by atoms with E-state index in [0.717, 1.165) is 29.0 Å². The number of nitrogens with zero attached hydrogens (tertiary/aromatic N) is 2. The van der Waals surface area contributed by atoms with Crippen LogP contribution in [0, 0.1) is 11.3 Å². The van der Waals surface area contributed by atoms with Crippen molar-refractivity contribution in [1.29, 1.82) is 0 Å². The zero-order valence-corrected chi connectivity index (χ0v) is 13.6. The maximum atomic E-state index is 6.24. The van der Waals surface area contributed by atoms with Crippen LogP contribution in [0.5, 0.6) is 0 Å². The molecule has 5 heteroatoms. The number of halogens is 2. The molecule has 2 nitrogen and oxygen atoms in total. The van der Waals surface area contributed by atoms with E-state index in [-0.39, 0.29) is 5.28 Å². The molecule has 1 atom stereocenters. The Bertz CT molecular complexity index is 643. The summed E-state index contributed by atoms with van der Waals surface area (Å²) in [5.74, 6) is 0.718. The highest BCUT2D eigenvalue weighted by molar-refractivity contribution is 7.19. The minimum atomic E-state index is 0.239. The van der Waals surface area contributed by atoms with E-state index in [4.69, 9.17) is 23.2 Å². The van der Waals surface area contributed by atoms with E-state index in [9.17, 15) is 0 Å². The van der Waals surface area contributed by atoms with E-state index in [1.165, 1.54) is 16.9 Å². The maximum Gasteiger partial charge on any atom is 0.225 e. The van der Waals surface area contributed by atoms with Gasteiger partial charge in [0.15, 0.2) is 0 Å². The van der Waals surface area contributed by atoms with Gasteiger partial charge in [0, 0.05) is 4.88 Å². The van der Waals surface area contributed by atoms with E-state index in [1.54, 1.807) is 11.3 Å². The van der Waals surface area contributed by atoms with Crippen molar-refractivity contribution in [2.45, 2.75) is 40.0 Å². The van der Waals surface area contributed by atoms with Gasteiger partial charge in [-0.3, -0.25) is 0 Å². The van der Waals surface area contributed by atoms with Gasteiger partial charge < -0.3 is 0 Å². The molecule has 102 valence electrons. The zero-order chi connectivity index (χ0) is 13.8. The molecule has 19 heavy (non-hydrogen) atoms. The van der Waals surface area contributed by atoms with Crippen molar-refractivity contribution in [1.82, 2.24) is 9.97 Å². The molecule has 2 heterocycles. The normalized spacial score (nSPS) is 19.7. The third-order valence-corrected chi connectivity index (χ3v) is 5.65. The Morgan fingerprint density at radius 1 is 1.21 bits per heavy atom. The molecule has 0 radical (unpaired) electrons. The predicted octanol–water partition coefficient (Wildman–Crippen LogP) is 5.15. The molecule has 3 rings (SSSR count). The monoisotopic (exact) mass is 314 g/mol. The molecule has 0 fully saturated rings. The number of thiophene rings is 1. The van der Waals surface area contributed by atoms with Crippen molar-refractivity contribution in [2.24, 2.45) is 11.3 Å². The summed E-state index contributed by atoms with van der Waals surface area (Å²) in [4.78, 5) is 10.7. The maximum absolute atomic E-state index is 6.24. The lowest BCUT2D eigenvalue weighted by Crippen LogP contribution is -2.26. The first kappa shape index (κ1) is 13.6. The van der Waals surface area contributed by atoms with E-state index in [2.05, 4.69) is 30.7 Å². The van der Waals surface area contributed by atoms with Crippen molar-refractivity contribution in [3.05, 3.63) is 20.9 Å². The van der Waals surface area contributed by atoms with Crippen LogP contribution in [-0.2, 0) is 12.8 Å². The summed E-state index contributed by atoms with van der Waals surface area (Å²) in [6.45, 7) is 6.96. The number of rotatable bonds is 0. The van der Waals surface area contributed by atoms with Crippen molar-refractivity contribution in [3.63, 3.8) is 0 Å². The molecule has 0 aliphatic heterocycles. The molecule has 0 saturated heterocycles. The van der Waals surface area contributed by atoms with Crippen LogP contribution in [0.2, 0.25) is 10.4 Å². The summed E-state index contributed by atoms with van der Waals surface area (Å²) in [6.07, 6.45) is 3.40. The Morgan fingerprint density at radius 3 is 2.63 bits per heavy atom. The van der Waals surface area contributed by atoms with E-state index in [1.807, 2.05) is 0 Å². The van der Waals surface area contributed by atoms with Gasteiger partial charge in [0.25, 0.3) is 0 Å². The number of aromatic nitrogens is 2. The Hall–Kier alpha value is -0.380. The van der Waals surface area contributed by atoms with Crippen LogP contribution in [0.4, 0.5) is 0 Å². The highest BCUT2D eigenvalue weighted by Crippen LogP contribution is 2.44. The number of fused-ring (bicyclic) bond motifs is 3. The van der Waals surface area contributed by atoms with E-state index < -0.39 is 0 Å². The number of aryl methyl sites for hydroxylation is 1. The lowest BCUT2D eigenvalue weighted by molar-refractivity contribution is 0.218. The molecule has 0 N–H and O–H groups in total. The Balaban J connectivity index is 2.10. The molecule has 2 aromatic heterocycles. The molecule has 0 saturated carbocycles. The first-order valence-electron chi connectivity index (χ1n) is 6.49. The van der Waals surface area contributed by atoms with Crippen molar-refractivity contribution >= 4 is 44.8 Å². The highest BCUT2D eigenvalue weighted by Gasteiger charge is 2.31. The first-order chi connectivity index (χ1) is 8.86. The third kappa shape index (κ3) is 2.37. The summed E-state index contributed by atoms with van der Waals surface area (Å²) in [5.41, 5.74) is 1.70. The molecular formula is C14H16Cl2N2S. The van der Waals surface area contributed by atoms with Gasteiger partial charge in [-0.2, -0.15) is 0 Å². The van der Waals surface area contributed by atoms with Crippen LogP contribution in [0.3, 0.4) is 0 Å². The van der Waals surface area contributed by atoms with Gasteiger partial charge in [0.1, 0.15) is 9.98 Å². The molecule has 1 aliphatic rings. The van der Waals surface area contributed by atoms with Crippen LogP contribution in [0.25, 0.3) is 10.2 Å². The summed E-state index contributed by atoms with van der Waals surface area (Å²) < 4.78 is 0. The SMILES string of the molecule is CC(C)(C)[C@@H]1CCc2c(sc3nc(Cl)nc(Cl)c23)C1. The molecule has 0 bridgehead atoms. The molecule has 1 aliphatic carbocycles. The van der Waals surface area contributed by atoms with Crippen molar-refractivity contribution in [2.75, 3.05) is 0 Å². The van der Waals surface area contributed by atoms with Gasteiger partial charge in [0.2, 0.25) is 5.28 Å². The Kier molecular flexibility index (Phi) is 3.27. The Morgan fingerprint density at radius 2 is 1.95 bits per heavy atom. The topological polar surface area (TPSA) is 25.8 Å². The minimum absolute atomic E-state index is 0.239. The van der Waals surface area contributed by atoms with Crippen LogP contribution < -0.4 is 0 Å². The van der Waals surface area contributed by atoms with Gasteiger partial charge in [0.05, 0.1) is 5.39 Å². The average molecular weight is 315 g/mol. The molecule has 0 spiro atoms. The fourth-order valence-corrected chi connectivity index (χ4v) is 4.75. The summed E-state index contributed by atoms with van der Waals surface area (Å²) in [5, 5.41) is 1.77. The summed E-state index contributed by atoms with van der Waals surface area (Å²) in [7, 11) is 0. The van der Waals surface area contributed by atoms with E-state index >= 15 is 0 Å². The second-order valence-corrected chi connectivity index (χ2v) is 8.05. The van der Waals surface area contributed by atoms with Crippen LogP contribution in [0.15, 0.2) is 0 Å². The van der Waals surface area contributed by atoms with Crippen molar-refractivity contribution in [3.8, 4) is 0 Å². The molecule has 2 aromatic rings. The minimum Gasteiger partial charge on any atom is -0.207 e. The second-order valence-electron chi connectivity index (χ2n) is 6.27. The standard InChI is InChI=1S/C14H16Cl2N2S/c1-14(2,3)7-4-5-8-9(6-7)19-12-10(8)11(15)17-13(16)18-12/h7H,4-6H2,1-3H3/t7-/m1/s1. The molecule has 0 unspecified atom stereocenters. The fourth-order valence-electron chi connectivity index (χ4n) is 2.85. The van der Waals surface area contributed by atoms with Crippen LogP contribution >= 0.6 is 34.5 Å². The second kappa shape index (κ2) is 4.57. The summed E-state index contributed by atoms with van der Waals surface area (Å²) in [6, 6.07) is 0. The smallest absolute Gasteiger partial charge is 0.207 e. The van der Waals surface area contributed by atoms with Gasteiger partial charge in [-0.05, 0) is 47.8 Å². The van der Waals surface area contributed by atoms with Crippen LogP contribution in [0.1, 0.15) is 37.6 Å².